The molecule has 3 atom stereocenters. The van der Waals surface area contributed by atoms with Gasteiger partial charge in [-0.2, -0.15) is 0 Å². The number of aliphatic hydroxyl groups excluding tert-OH is 1. The largest absolute Gasteiger partial charge is 0.387 e. The van der Waals surface area contributed by atoms with Crippen molar-refractivity contribution in [3.8, 4) is 0 Å². The molecule has 9 heteroatoms. The molecule has 5 rings (SSSR count). The van der Waals surface area contributed by atoms with Crippen molar-refractivity contribution >= 4 is 23.2 Å². The van der Waals surface area contributed by atoms with E-state index in [1.165, 1.54) is 17.0 Å². The summed E-state index contributed by atoms with van der Waals surface area (Å²) in [6.45, 7) is 0. The molecule has 0 fully saturated rings. The third kappa shape index (κ3) is 5.23. The molecule has 202 valence electrons. The molecule has 2 amide bonds. The minimum absolute atomic E-state index is 0.0754. The summed E-state index contributed by atoms with van der Waals surface area (Å²) in [6, 6.07) is 24.0. The number of nitrogens with zero attached hydrogens (tertiary/aromatic N) is 2. The molecule has 0 unspecified atom stereocenters. The normalized spacial score (nSPS) is 16.4. The van der Waals surface area contributed by atoms with Gasteiger partial charge in [0.25, 0.3) is 5.91 Å². The number of amides is 2. The average molecular weight is 544 g/mol. The zero-order valence-electron chi connectivity index (χ0n) is 21.3. The van der Waals surface area contributed by atoms with E-state index in [-0.39, 0.29) is 11.1 Å². The van der Waals surface area contributed by atoms with Gasteiger partial charge >= 0.3 is 0 Å². The van der Waals surface area contributed by atoms with Gasteiger partial charge in [-0.3, -0.25) is 9.59 Å². The lowest BCUT2D eigenvalue weighted by atomic mass is 9.88. The molecular formula is C31H24F3N3O3. The third-order valence-electron chi connectivity index (χ3n) is 6.78. The quantitative estimate of drug-likeness (QED) is 0.364. The number of aliphatic imine (C=N–C) groups is 1. The van der Waals surface area contributed by atoms with Gasteiger partial charge in [-0.05, 0) is 41.5 Å². The van der Waals surface area contributed by atoms with Crippen LogP contribution in [0.15, 0.2) is 102 Å². The van der Waals surface area contributed by atoms with Gasteiger partial charge in [-0.25, -0.2) is 18.2 Å². The fraction of sp³-hybridized carbons (Fsp3) is 0.129. The number of hydrogen-bond acceptors (Lipinski definition) is 4. The van der Waals surface area contributed by atoms with Gasteiger partial charge < -0.3 is 15.3 Å². The summed E-state index contributed by atoms with van der Waals surface area (Å²) in [5, 5.41) is 13.8. The van der Waals surface area contributed by atoms with Crippen LogP contribution in [0.2, 0.25) is 0 Å². The first-order valence-corrected chi connectivity index (χ1v) is 12.4. The van der Waals surface area contributed by atoms with Crippen LogP contribution in [0.4, 0.5) is 18.9 Å². The van der Waals surface area contributed by atoms with Crippen LogP contribution in [0.3, 0.4) is 0 Å². The van der Waals surface area contributed by atoms with Gasteiger partial charge in [0.1, 0.15) is 5.82 Å². The fourth-order valence-corrected chi connectivity index (χ4v) is 4.70. The first kappa shape index (κ1) is 26.8. The van der Waals surface area contributed by atoms with Gasteiger partial charge in [-0.15, -0.1) is 0 Å². The zero-order valence-corrected chi connectivity index (χ0v) is 21.3. The Morgan fingerprint density at radius 1 is 0.875 bits per heavy atom. The maximum atomic E-state index is 14.0. The summed E-state index contributed by atoms with van der Waals surface area (Å²) in [7, 11) is 1.57. The molecule has 0 aromatic heterocycles. The Kier molecular flexibility index (Phi) is 7.48. The summed E-state index contributed by atoms with van der Waals surface area (Å²) in [4.78, 5) is 33.4. The Hall–Kier alpha value is -4.76. The molecule has 0 saturated heterocycles. The highest BCUT2D eigenvalue weighted by Gasteiger charge is 2.36. The number of benzene rings is 4. The van der Waals surface area contributed by atoms with Crippen molar-refractivity contribution in [1.29, 1.82) is 0 Å². The smallest absolute Gasteiger partial charge is 0.272 e. The minimum Gasteiger partial charge on any atom is -0.387 e. The fourth-order valence-electron chi connectivity index (χ4n) is 4.70. The lowest BCUT2D eigenvalue weighted by Crippen LogP contribution is -2.48. The van der Waals surface area contributed by atoms with E-state index in [2.05, 4.69) is 10.3 Å². The van der Waals surface area contributed by atoms with Crippen molar-refractivity contribution in [3.63, 3.8) is 0 Å². The second-order valence-corrected chi connectivity index (χ2v) is 9.32. The Morgan fingerprint density at radius 2 is 1.52 bits per heavy atom. The topological polar surface area (TPSA) is 82.0 Å². The van der Waals surface area contributed by atoms with Crippen LogP contribution in [-0.2, 0) is 9.59 Å². The highest BCUT2D eigenvalue weighted by atomic mass is 19.2. The maximum absolute atomic E-state index is 14.0. The van der Waals surface area contributed by atoms with Gasteiger partial charge in [0.15, 0.2) is 11.6 Å². The van der Waals surface area contributed by atoms with Crippen LogP contribution in [-0.4, -0.2) is 35.8 Å². The summed E-state index contributed by atoms with van der Waals surface area (Å²) < 4.78 is 41.3. The van der Waals surface area contributed by atoms with Crippen LogP contribution in [0, 0.1) is 17.5 Å². The molecule has 1 aliphatic heterocycles. The number of halogens is 3. The Bertz CT molecular complexity index is 1590. The number of rotatable bonds is 6. The zero-order chi connectivity index (χ0) is 28.4. The molecule has 0 radical (unpaired) electrons. The van der Waals surface area contributed by atoms with Crippen LogP contribution in [0.1, 0.15) is 34.3 Å². The molecule has 0 aliphatic carbocycles. The van der Waals surface area contributed by atoms with E-state index in [9.17, 15) is 27.9 Å². The van der Waals surface area contributed by atoms with E-state index in [0.29, 0.717) is 22.5 Å². The highest BCUT2D eigenvalue weighted by molar-refractivity contribution is 6.20. The number of nitrogens with one attached hydrogen (secondary N) is 1. The van der Waals surface area contributed by atoms with Gasteiger partial charge in [0.05, 0.1) is 23.4 Å². The lowest BCUT2D eigenvalue weighted by Gasteiger charge is -2.26. The molecule has 0 bridgehead atoms. The van der Waals surface area contributed by atoms with E-state index in [0.717, 1.165) is 30.3 Å². The van der Waals surface area contributed by atoms with Gasteiger partial charge in [-0.1, -0.05) is 66.7 Å². The summed E-state index contributed by atoms with van der Waals surface area (Å²) in [5.74, 6) is -5.66. The Labute approximate surface area is 228 Å². The standard InChI is InChI=1S/C31H24F3N3O3/c1-37-25-10-6-5-9-22(25)27(19-7-3-2-4-8-19)35-29(31(37)40)36-30(39)26(18-11-14-21(32)15-12-18)28(38)20-13-16-23(33)24(34)17-20/h2-17,26,28-29,38H,1H3,(H,36,39)/t26-,28+,29-/m1/s1. The second-order valence-electron chi connectivity index (χ2n) is 9.32. The van der Waals surface area contributed by atoms with Crippen LogP contribution < -0.4 is 10.2 Å². The van der Waals surface area contributed by atoms with E-state index in [1.807, 2.05) is 42.5 Å². The highest BCUT2D eigenvalue weighted by Crippen LogP contribution is 2.33. The minimum atomic E-state index is -1.66. The molecule has 4 aromatic rings. The van der Waals surface area contributed by atoms with E-state index in [4.69, 9.17) is 0 Å². The van der Waals surface area contributed by atoms with Crippen LogP contribution >= 0.6 is 0 Å². The number of carbonyl (C=O) groups excluding carboxylic acids is 2. The Morgan fingerprint density at radius 3 is 2.23 bits per heavy atom. The second kappa shape index (κ2) is 11.2. The molecule has 1 heterocycles. The van der Waals surface area contributed by atoms with E-state index in [1.54, 1.807) is 19.2 Å². The van der Waals surface area contributed by atoms with E-state index < -0.39 is 47.5 Å². The number of aliphatic hydroxyl groups is 1. The van der Waals surface area contributed by atoms with E-state index >= 15 is 0 Å². The third-order valence-corrected chi connectivity index (χ3v) is 6.78. The monoisotopic (exact) mass is 543 g/mol. The number of carbonyl (C=O) groups is 2. The summed E-state index contributed by atoms with van der Waals surface area (Å²) in [5.41, 5.74) is 2.57. The number of fused-ring (bicyclic) bond motifs is 1. The molecule has 4 aromatic carbocycles. The first-order chi connectivity index (χ1) is 19.2. The Balaban J connectivity index is 1.56. The van der Waals surface area contributed by atoms with Crippen molar-refractivity contribution in [2.24, 2.45) is 4.99 Å². The number of likely N-dealkylation sites (N-methyl/N-ethyl adjacent to an activating group) is 1. The van der Waals surface area contributed by atoms with Crippen LogP contribution in [0.25, 0.3) is 0 Å². The van der Waals surface area contributed by atoms with Crippen molar-refractivity contribution < 1.29 is 27.9 Å². The first-order valence-electron chi connectivity index (χ1n) is 12.4. The van der Waals surface area contributed by atoms with Crippen molar-refractivity contribution in [2.45, 2.75) is 18.2 Å². The maximum Gasteiger partial charge on any atom is 0.272 e. The average Bonchev–Trinajstić information content (AvgIpc) is 3.06. The molecule has 1 aliphatic rings. The summed E-state index contributed by atoms with van der Waals surface area (Å²) in [6.07, 6.45) is -3.05. The molecule has 0 spiro atoms. The predicted molar refractivity (Wildman–Crippen MR) is 144 cm³/mol. The lowest BCUT2D eigenvalue weighted by molar-refractivity contribution is -0.130. The number of hydrogen-bond donors (Lipinski definition) is 2. The number of benzodiazepines with no additional fused rings is 1. The molecule has 0 saturated carbocycles. The van der Waals surface area contributed by atoms with Crippen molar-refractivity contribution in [1.82, 2.24) is 5.32 Å². The number of anilines is 1. The molecule has 6 nitrogen and oxygen atoms in total. The van der Waals surface area contributed by atoms with Crippen molar-refractivity contribution in [3.05, 3.63) is 137 Å². The number of para-hydroxylation sites is 1. The SMILES string of the molecule is CN1C(=O)[C@@H](NC(=O)[C@H](c2ccc(F)cc2)[C@@H](O)c2ccc(F)c(F)c2)N=C(c2ccccc2)c2ccccc21. The molecular weight excluding hydrogens is 519 g/mol. The van der Waals surface area contributed by atoms with Gasteiger partial charge in [0.2, 0.25) is 12.1 Å². The van der Waals surface area contributed by atoms with Gasteiger partial charge in [0, 0.05) is 18.2 Å². The summed E-state index contributed by atoms with van der Waals surface area (Å²) >= 11 is 0. The predicted octanol–water partition coefficient (Wildman–Crippen LogP) is 4.88. The van der Waals surface area contributed by atoms with Crippen molar-refractivity contribution in [2.75, 3.05) is 11.9 Å². The molecule has 2 N–H and O–H groups in total. The van der Waals surface area contributed by atoms with Crippen LogP contribution in [0.5, 0.6) is 0 Å². The molecule has 40 heavy (non-hydrogen) atoms.